The van der Waals surface area contributed by atoms with Crippen LogP contribution in [0.4, 0.5) is 5.69 Å². The minimum absolute atomic E-state index is 0.194. The van der Waals surface area contributed by atoms with Gasteiger partial charge in [-0.3, -0.25) is 4.79 Å². The Morgan fingerprint density at radius 3 is 2.50 bits per heavy atom. The Morgan fingerprint density at radius 2 is 1.94 bits per heavy atom. The molecule has 0 bridgehead atoms. The highest BCUT2D eigenvalue weighted by molar-refractivity contribution is 5.73. The number of benzene rings is 1. The Kier molecular flexibility index (Phi) is 3.90. The molecule has 1 N–H and O–H groups in total. The maximum absolute atomic E-state index is 11.3. The van der Waals surface area contributed by atoms with E-state index >= 15 is 0 Å². The third-order valence-electron chi connectivity index (χ3n) is 3.68. The number of nitrogens with zero attached hydrogens (tertiary/aromatic N) is 1. The van der Waals surface area contributed by atoms with Crippen molar-refractivity contribution in [3.05, 3.63) is 29.3 Å². The van der Waals surface area contributed by atoms with Gasteiger partial charge in [-0.1, -0.05) is 17.7 Å². The number of carbonyl (C=O) groups excluding carboxylic acids is 1. The second-order valence-electron chi connectivity index (χ2n) is 5.24. The van der Waals surface area contributed by atoms with Gasteiger partial charge in [0.15, 0.2) is 0 Å². The van der Waals surface area contributed by atoms with Crippen LogP contribution >= 0.6 is 0 Å². The Labute approximate surface area is 109 Å². The molecule has 1 amide bonds. The van der Waals surface area contributed by atoms with E-state index in [2.05, 4.69) is 37.4 Å². The van der Waals surface area contributed by atoms with Gasteiger partial charge in [0.25, 0.3) is 0 Å². The zero-order chi connectivity index (χ0) is 13.1. The Balaban J connectivity index is 1.93. The van der Waals surface area contributed by atoms with Gasteiger partial charge in [0.05, 0.1) is 0 Å². The van der Waals surface area contributed by atoms with Crippen molar-refractivity contribution in [2.45, 2.75) is 39.7 Å². The Morgan fingerprint density at radius 1 is 1.28 bits per heavy atom. The molecule has 0 unspecified atom stereocenters. The molecule has 2 rings (SSSR count). The Hall–Kier alpha value is -1.51. The number of aryl methyl sites for hydroxylation is 2. The van der Waals surface area contributed by atoms with Crippen LogP contribution in [-0.2, 0) is 4.79 Å². The van der Waals surface area contributed by atoms with Gasteiger partial charge in [-0.15, -0.1) is 0 Å². The van der Waals surface area contributed by atoms with E-state index in [1.54, 1.807) is 6.92 Å². The lowest BCUT2D eigenvalue weighted by molar-refractivity contribution is -0.129. The lowest BCUT2D eigenvalue weighted by Gasteiger charge is -2.32. The summed E-state index contributed by atoms with van der Waals surface area (Å²) in [5.41, 5.74) is 3.82. The summed E-state index contributed by atoms with van der Waals surface area (Å²) in [6, 6.07) is 6.98. The fourth-order valence-corrected chi connectivity index (χ4v) is 2.53. The lowest BCUT2D eigenvalue weighted by atomic mass is 10.0. The van der Waals surface area contributed by atoms with E-state index in [1.165, 1.54) is 16.8 Å². The molecule has 1 aliphatic heterocycles. The first-order valence-electron chi connectivity index (χ1n) is 6.65. The number of amides is 1. The summed E-state index contributed by atoms with van der Waals surface area (Å²) in [6.45, 7) is 7.65. The number of carbonyl (C=O) groups is 1. The van der Waals surface area contributed by atoms with Crippen LogP contribution in [0.2, 0.25) is 0 Å². The predicted octanol–water partition coefficient (Wildman–Crippen LogP) is 2.73. The summed E-state index contributed by atoms with van der Waals surface area (Å²) in [5.74, 6) is 0.194. The minimum Gasteiger partial charge on any atom is -0.382 e. The summed E-state index contributed by atoms with van der Waals surface area (Å²) in [5, 5.41) is 3.60. The zero-order valence-corrected chi connectivity index (χ0v) is 11.5. The largest absolute Gasteiger partial charge is 0.382 e. The number of rotatable bonds is 2. The quantitative estimate of drug-likeness (QED) is 0.870. The number of likely N-dealkylation sites (tertiary alicyclic amines) is 1. The van der Waals surface area contributed by atoms with Gasteiger partial charge in [-0.2, -0.15) is 0 Å². The van der Waals surface area contributed by atoms with Crippen molar-refractivity contribution in [1.29, 1.82) is 0 Å². The van der Waals surface area contributed by atoms with Gasteiger partial charge in [0, 0.05) is 31.7 Å². The molecule has 1 fully saturated rings. The maximum atomic E-state index is 11.3. The van der Waals surface area contributed by atoms with Crippen LogP contribution in [0.15, 0.2) is 18.2 Å². The van der Waals surface area contributed by atoms with E-state index in [-0.39, 0.29) is 5.91 Å². The van der Waals surface area contributed by atoms with Crippen LogP contribution in [0.5, 0.6) is 0 Å². The third kappa shape index (κ3) is 3.03. The average Bonchev–Trinajstić information content (AvgIpc) is 2.33. The molecule has 0 saturated carbocycles. The van der Waals surface area contributed by atoms with Gasteiger partial charge in [0.2, 0.25) is 5.91 Å². The average molecular weight is 246 g/mol. The number of nitrogens with one attached hydrogen (secondary N) is 1. The van der Waals surface area contributed by atoms with E-state index in [1.807, 2.05) is 4.90 Å². The molecule has 1 aromatic rings. The molecule has 1 aliphatic rings. The molecule has 0 aliphatic carbocycles. The van der Waals surface area contributed by atoms with Crippen molar-refractivity contribution in [2.24, 2.45) is 0 Å². The second kappa shape index (κ2) is 5.42. The maximum Gasteiger partial charge on any atom is 0.219 e. The SMILES string of the molecule is CC(=O)N1CCC(Nc2ccc(C)cc2C)CC1. The highest BCUT2D eigenvalue weighted by Gasteiger charge is 2.20. The lowest BCUT2D eigenvalue weighted by Crippen LogP contribution is -2.41. The summed E-state index contributed by atoms with van der Waals surface area (Å²) in [7, 11) is 0. The fraction of sp³-hybridized carbons (Fsp3) is 0.533. The first-order valence-corrected chi connectivity index (χ1v) is 6.65. The molecule has 18 heavy (non-hydrogen) atoms. The molecule has 3 nitrogen and oxygen atoms in total. The highest BCUT2D eigenvalue weighted by Crippen LogP contribution is 2.20. The molecule has 3 heteroatoms. The molecule has 0 aromatic heterocycles. The zero-order valence-electron chi connectivity index (χ0n) is 11.5. The highest BCUT2D eigenvalue weighted by atomic mass is 16.2. The molecule has 1 saturated heterocycles. The first-order chi connectivity index (χ1) is 8.56. The summed E-state index contributed by atoms with van der Waals surface area (Å²) in [6.07, 6.45) is 2.07. The smallest absolute Gasteiger partial charge is 0.219 e. The minimum atomic E-state index is 0.194. The number of piperidine rings is 1. The summed E-state index contributed by atoms with van der Waals surface area (Å²) < 4.78 is 0. The van der Waals surface area contributed by atoms with Crippen LogP contribution in [-0.4, -0.2) is 29.9 Å². The van der Waals surface area contributed by atoms with Gasteiger partial charge < -0.3 is 10.2 Å². The van der Waals surface area contributed by atoms with Crippen LogP contribution in [0, 0.1) is 13.8 Å². The van der Waals surface area contributed by atoms with Crippen molar-refractivity contribution in [2.75, 3.05) is 18.4 Å². The number of anilines is 1. The van der Waals surface area contributed by atoms with Crippen molar-refractivity contribution in [1.82, 2.24) is 4.90 Å². The molecule has 0 spiro atoms. The summed E-state index contributed by atoms with van der Waals surface area (Å²) >= 11 is 0. The van der Waals surface area contributed by atoms with Crippen LogP contribution in [0.25, 0.3) is 0 Å². The Bertz CT molecular complexity index is 434. The van der Waals surface area contributed by atoms with E-state index in [0.29, 0.717) is 6.04 Å². The van der Waals surface area contributed by atoms with Crippen LogP contribution < -0.4 is 5.32 Å². The molecule has 1 aromatic carbocycles. The van der Waals surface area contributed by atoms with Gasteiger partial charge >= 0.3 is 0 Å². The topological polar surface area (TPSA) is 32.3 Å². The monoisotopic (exact) mass is 246 g/mol. The van der Waals surface area contributed by atoms with Gasteiger partial charge in [-0.05, 0) is 38.3 Å². The molecular formula is C15H22N2O. The van der Waals surface area contributed by atoms with E-state index < -0.39 is 0 Å². The normalized spacial score (nSPS) is 16.7. The van der Waals surface area contributed by atoms with Crippen molar-refractivity contribution in [3.63, 3.8) is 0 Å². The molecule has 0 atom stereocenters. The van der Waals surface area contributed by atoms with Crippen molar-refractivity contribution < 1.29 is 4.79 Å². The third-order valence-corrected chi connectivity index (χ3v) is 3.68. The molecule has 98 valence electrons. The standard InChI is InChI=1S/C15H22N2O/c1-11-4-5-15(12(2)10-11)16-14-6-8-17(9-7-14)13(3)18/h4-5,10,14,16H,6-9H2,1-3H3. The van der Waals surface area contributed by atoms with Crippen LogP contribution in [0.1, 0.15) is 30.9 Å². The number of hydrogen-bond donors (Lipinski definition) is 1. The van der Waals surface area contributed by atoms with Gasteiger partial charge in [-0.25, -0.2) is 0 Å². The molecular weight excluding hydrogens is 224 g/mol. The molecule has 0 radical (unpaired) electrons. The summed E-state index contributed by atoms with van der Waals surface area (Å²) in [4.78, 5) is 13.2. The van der Waals surface area contributed by atoms with E-state index in [4.69, 9.17) is 0 Å². The number of hydrogen-bond acceptors (Lipinski definition) is 2. The predicted molar refractivity (Wildman–Crippen MR) is 74.8 cm³/mol. The fourth-order valence-electron chi connectivity index (χ4n) is 2.53. The van der Waals surface area contributed by atoms with E-state index in [9.17, 15) is 4.79 Å². The van der Waals surface area contributed by atoms with Gasteiger partial charge in [0.1, 0.15) is 0 Å². The van der Waals surface area contributed by atoms with Crippen molar-refractivity contribution in [3.8, 4) is 0 Å². The van der Waals surface area contributed by atoms with E-state index in [0.717, 1.165) is 25.9 Å². The second-order valence-corrected chi connectivity index (χ2v) is 5.24. The first kappa shape index (κ1) is 12.9. The molecule has 1 heterocycles. The van der Waals surface area contributed by atoms with Crippen molar-refractivity contribution >= 4 is 11.6 Å². The van der Waals surface area contributed by atoms with Crippen LogP contribution in [0.3, 0.4) is 0 Å².